The van der Waals surface area contributed by atoms with Crippen molar-refractivity contribution in [2.75, 3.05) is 7.05 Å². The van der Waals surface area contributed by atoms with Crippen molar-refractivity contribution in [1.29, 1.82) is 0 Å². The topological polar surface area (TPSA) is 63.5 Å². The van der Waals surface area contributed by atoms with E-state index in [1.165, 1.54) is 23.1 Å². The number of amides is 1. The van der Waals surface area contributed by atoms with Gasteiger partial charge in [-0.15, -0.1) is 0 Å². The second-order valence-electron chi connectivity index (χ2n) is 4.92. The van der Waals surface area contributed by atoms with Crippen LogP contribution < -0.4 is 0 Å². The fourth-order valence-electron chi connectivity index (χ4n) is 2.16. The molecule has 0 saturated carbocycles. The van der Waals surface area contributed by atoms with Crippen LogP contribution in [0.2, 0.25) is 5.02 Å². The number of carbonyl (C=O) groups is 1. The van der Waals surface area contributed by atoms with Gasteiger partial charge in [-0.1, -0.05) is 41.9 Å². The second-order valence-corrected chi connectivity index (χ2v) is 5.36. The minimum atomic E-state index is -0.597. The largest absolute Gasteiger partial charge is 0.335 e. The number of nitrogens with zero attached hydrogens (tertiary/aromatic N) is 2. The van der Waals surface area contributed by atoms with Gasteiger partial charge in [0.2, 0.25) is 0 Å². The van der Waals surface area contributed by atoms with E-state index in [0.29, 0.717) is 0 Å². The summed E-state index contributed by atoms with van der Waals surface area (Å²) >= 11 is 5.77. The van der Waals surface area contributed by atoms with Crippen LogP contribution in [0.1, 0.15) is 28.9 Å². The monoisotopic (exact) mass is 318 g/mol. The van der Waals surface area contributed by atoms with Crippen LogP contribution in [0.25, 0.3) is 0 Å². The minimum absolute atomic E-state index is 0.0275. The first-order valence-corrected chi connectivity index (χ1v) is 7.05. The van der Waals surface area contributed by atoms with E-state index in [-0.39, 0.29) is 22.3 Å². The van der Waals surface area contributed by atoms with Gasteiger partial charge in [-0.25, -0.2) is 0 Å². The maximum absolute atomic E-state index is 12.6. The van der Waals surface area contributed by atoms with Crippen LogP contribution in [0.4, 0.5) is 5.69 Å². The molecule has 0 bridgehead atoms. The number of rotatable bonds is 4. The number of carbonyl (C=O) groups excluding carboxylic acids is 1. The van der Waals surface area contributed by atoms with E-state index in [1.807, 2.05) is 37.3 Å². The Balaban J connectivity index is 2.34. The first-order chi connectivity index (χ1) is 10.4. The van der Waals surface area contributed by atoms with Crippen molar-refractivity contribution < 1.29 is 9.72 Å². The summed E-state index contributed by atoms with van der Waals surface area (Å²) in [7, 11) is 1.62. The lowest BCUT2D eigenvalue weighted by atomic mass is 10.1. The molecule has 0 saturated heterocycles. The van der Waals surface area contributed by atoms with Gasteiger partial charge in [-0.2, -0.15) is 0 Å². The lowest BCUT2D eigenvalue weighted by Gasteiger charge is -2.25. The average molecular weight is 319 g/mol. The summed E-state index contributed by atoms with van der Waals surface area (Å²) in [6, 6.07) is 13.3. The summed E-state index contributed by atoms with van der Waals surface area (Å²) in [5, 5.41) is 11.3. The van der Waals surface area contributed by atoms with Gasteiger partial charge < -0.3 is 4.90 Å². The molecule has 0 radical (unpaired) electrons. The van der Waals surface area contributed by atoms with Crippen molar-refractivity contribution in [1.82, 2.24) is 4.90 Å². The summed E-state index contributed by atoms with van der Waals surface area (Å²) in [6.45, 7) is 1.87. The lowest BCUT2D eigenvalue weighted by Crippen LogP contribution is -2.30. The molecular formula is C16H15ClN2O3. The van der Waals surface area contributed by atoms with Crippen LogP contribution in [-0.4, -0.2) is 22.8 Å². The molecule has 6 heteroatoms. The average Bonchev–Trinajstić information content (AvgIpc) is 2.53. The van der Waals surface area contributed by atoms with Gasteiger partial charge in [-0.05, 0) is 24.6 Å². The third-order valence-corrected chi connectivity index (χ3v) is 3.81. The highest BCUT2D eigenvalue weighted by molar-refractivity contribution is 6.31. The highest BCUT2D eigenvalue weighted by atomic mass is 35.5. The summed E-state index contributed by atoms with van der Waals surface area (Å²) in [5.41, 5.74) is 0.694. The Morgan fingerprint density at radius 2 is 1.86 bits per heavy atom. The zero-order valence-electron chi connectivity index (χ0n) is 12.2. The normalized spacial score (nSPS) is 11.8. The van der Waals surface area contributed by atoms with Crippen LogP contribution in [0, 0.1) is 10.1 Å². The molecule has 0 spiro atoms. The molecule has 22 heavy (non-hydrogen) atoms. The molecule has 0 aliphatic heterocycles. The van der Waals surface area contributed by atoms with E-state index < -0.39 is 10.8 Å². The van der Waals surface area contributed by atoms with Crippen LogP contribution in [-0.2, 0) is 0 Å². The van der Waals surface area contributed by atoms with E-state index in [9.17, 15) is 14.9 Å². The zero-order chi connectivity index (χ0) is 16.3. The van der Waals surface area contributed by atoms with Gasteiger partial charge in [0.1, 0.15) is 5.56 Å². The lowest BCUT2D eigenvalue weighted by molar-refractivity contribution is -0.385. The molecule has 0 N–H and O–H groups in total. The van der Waals surface area contributed by atoms with Crippen LogP contribution in [0.5, 0.6) is 0 Å². The van der Waals surface area contributed by atoms with Crippen molar-refractivity contribution in [2.45, 2.75) is 13.0 Å². The molecule has 2 aromatic carbocycles. The molecule has 2 aromatic rings. The predicted octanol–water partition coefficient (Wildman–Crippen LogP) is 4.08. The first-order valence-electron chi connectivity index (χ1n) is 6.68. The fraction of sp³-hybridized carbons (Fsp3) is 0.188. The van der Waals surface area contributed by atoms with Gasteiger partial charge in [0.25, 0.3) is 11.6 Å². The molecule has 1 atom stereocenters. The maximum atomic E-state index is 12.6. The molecular weight excluding hydrogens is 304 g/mol. The van der Waals surface area contributed by atoms with E-state index in [2.05, 4.69) is 0 Å². The van der Waals surface area contributed by atoms with Gasteiger partial charge in [0.05, 0.1) is 11.0 Å². The number of halogens is 1. The summed E-state index contributed by atoms with van der Waals surface area (Å²) < 4.78 is 0. The smallest absolute Gasteiger partial charge is 0.283 e. The van der Waals surface area contributed by atoms with E-state index >= 15 is 0 Å². The molecule has 2 rings (SSSR count). The van der Waals surface area contributed by atoms with Crippen LogP contribution in [0.15, 0.2) is 48.5 Å². The second kappa shape index (κ2) is 6.58. The molecule has 1 unspecified atom stereocenters. The Morgan fingerprint density at radius 1 is 1.23 bits per heavy atom. The molecule has 0 aliphatic carbocycles. The van der Waals surface area contributed by atoms with Gasteiger partial charge in [0.15, 0.2) is 0 Å². The van der Waals surface area contributed by atoms with Gasteiger partial charge in [-0.3, -0.25) is 14.9 Å². The van der Waals surface area contributed by atoms with Crippen LogP contribution in [0.3, 0.4) is 0 Å². The molecule has 5 nitrogen and oxygen atoms in total. The molecule has 114 valence electrons. The van der Waals surface area contributed by atoms with Crippen molar-refractivity contribution in [3.8, 4) is 0 Å². The number of nitro groups is 1. The number of benzene rings is 2. The van der Waals surface area contributed by atoms with Gasteiger partial charge in [0, 0.05) is 18.1 Å². The Labute approximate surface area is 133 Å². The maximum Gasteiger partial charge on any atom is 0.283 e. The fourth-order valence-corrected chi connectivity index (χ4v) is 2.32. The standard InChI is InChI=1S/C16H15ClN2O3/c1-11(12-6-4-3-5-7-12)18(2)16(20)14-9-8-13(17)10-15(14)19(21)22/h3-11H,1-2H3. The Hall–Kier alpha value is -2.40. The van der Waals surface area contributed by atoms with E-state index in [4.69, 9.17) is 11.6 Å². The molecule has 0 heterocycles. The molecule has 0 aromatic heterocycles. The Morgan fingerprint density at radius 3 is 2.45 bits per heavy atom. The molecule has 0 aliphatic rings. The van der Waals surface area contributed by atoms with Crippen LogP contribution >= 0.6 is 11.6 Å². The van der Waals surface area contributed by atoms with Crippen molar-refractivity contribution in [3.63, 3.8) is 0 Å². The molecule has 0 fully saturated rings. The zero-order valence-corrected chi connectivity index (χ0v) is 12.9. The first kappa shape index (κ1) is 16.0. The van der Waals surface area contributed by atoms with Crippen molar-refractivity contribution in [3.05, 3.63) is 74.8 Å². The number of hydrogen-bond acceptors (Lipinski definition) is 3. The molecule has 1 amide bonds. The third kappa shape index (κ3) is 3.26. The quantitative estimate of drug-likeness (QED) is 0.630. The highest BCUT2D eigenvalue weighted by Crippen LogP contribution is 2.27. The van der Waals surface area contributed by atoms with Crippen molar-refractivity contribution in [2.24, 2.45) is 0 Å². The summed E-state index contributed by atoms with van der Waals surface area (Å²) in [6.07, 6.45) is 0. The number of nitro benzene ring substituents is 1. The summed E-state index contributed by atoms with van der Waals surface area (Å²) in [5.74, 6) is -0.417. The van der Waals surface area contributed by atoms with Crippen molar-refractivity contribution >= 4 is 23.2 Å². The predicted molar refractivity (Wildman–Crippen MR) is 85.1 cm³/mol. The SMILES string of the molecule is CC(c1ccccc1)N(C)C(=O)c1ccc(Cl)cc1[N+](=O)[O-]. The van der Waals surface area contributed by atoms with E-state index in [1.54, 1.807) is 7.05 Å². The Bertz CT molecular complexity index is 704. The van der Waals surface area contributed by atoms with Gasteiger partial charge >= 0.3 is 0 Å². The van der Waals surface area contributed by atoms with E-state index in [0.717, 1.165) is 5.56 Å². The number of hydrogen-bond donors (Lipinski definition) is 0. The summed E-state index contributed by atoms with van der Waals surface area (Å²) in [4.78, 5) is 24.6. The Kier molecular flexibility index (Phi) is 4.78. The minimum Gasteiger partial charge on any atom is -0.335 e. The third-order valence-electron chi connectivity index (χ3n) is 3.57. The highest BCUT2D eigenvalue weighted by Gasteiger charge is 2.26.